The van der Waals surface area contributed by atoms with Crippen molar-refractivity contribution in [2.24, 2.45) is 29.4 Å². The summed E-state index contributed by atoms with van der Waals surface area (Å²) in [6, 6.07) is 6.20. The van der Waals surface area contributed by atoms with Crippen molar-refractivity contribution < 1.29 is 19.4 Å². The molecular formula is C29H51N3O4. The Morgan fingerprint density at radius 2 is 1.94 bits per heavy atom. The van der Waals surface area contributed by atoms with Crippen LogP contribution in [-0.4, -0.2) is 62.6 Å². The molecule has 7 heteroatoms. The van der Waals surface area contributed by atoms with Gasteiger partial charge in [0.1, 0.15) is 5.75 Å². The summed E-state index contributed by atoms with van der Waals surface area (Å²) < 4.78 is 11.1. The molecule has 1 aromatic rings. The van der Waals surface area contributed by atoms with Crippen LogP contribution in [0.3, 0.4) is 0 Å². The topological polar surface area (TPSA) is 106 Å². The second kappa shape index (κ2) is 15.6. The van der Waals surface area contributed by atoms with E-state index in [9.17, 15) is 9.90 Å². The number of nitrogens with two attached hydrogens (primary N) is 1. The van der Waals surface area contributed by atoms with Gasteiger partial charge in [-0.1, -0.05) is 39.8 Å². The minimum absolute atomic E-state index is 0.0306. The van der Waals surface area contributed by atoms with E-state index < -0.39 is 6.10 Å². The Bertz CT molecular complexity index is 780. The predicted octanol–water partition coefficient (Wildman–Crippen LogP) is 3.44. The molecule has 0 spiro atoms. The predicted molar refractivity (Wildman–Crippen MR) is 146 cm³/mol. The number of aryl methyl sites for hydroxylation is 1. The molecule has 0 saturated carbocycles. The lowest BCUT2D eigenvalue weighted by Gasteiger charge is -2.30. The molecule has 1 saturated heterocycles. The van der Waals surface area contributed by atoms with Gasteiger partial charge in [0.2, 0.25) is 5.91 Å². The first-order valence-corrected chi connectivity index (χ1v) is 13.8. The van der Waals surface area contributed by atoms with E-state index in [1.165, 1.54) is 5.56 Å². The molecule has 5 N–H and O–H groups in total. The standard InChI is InChI=1S/C29H51N3O4/c1-19(2)23(14-22-9-8-21(5)28(15-22)36-13-7-12-35-6)16-26(30)27(33)17-25(20(3)4)29(34)32-24-10-11-31-18-24/h8-9,15,19-20,23-27,31,33H,7,10-14,16-18,30H2,1-6H3,(H,32,34)/t23?,24-,25-,26-,27-/m0/s1. The van der Waals surface area contributed by atoms with Crippen molar-refractivity contribution in [3.8, 4) is 5.75 Å². The van der Waals surface area contributed by atoms with Crippen molar-refractivity contribution in [1.29, 1.82) is 0 Å². The minimum atomic E-state index is -0.719. The number of methoxy groups -OCH3 is 1. The fraction of sp³-hybridized carbons (Fsp3) is 0.759. The van der Waals surface area contributed by atoms with Gasteiger partial charge in [-0.25, -0.2) is 0 Å². The molecule has 1 amide bonds. The number of rotatable bonds is 16. The normalized spacial score (nSPS) is 19.3. The quantitative estimate of drug-likeness (QED) is 0.257. The summed E-state index contributed by atoms with van der Waals surface area (Å²) in [6.45, 7) is 13.6. The Balaban J connectivity index is 1.97. The first-order valence-electron chi connectivity index (χ1n) is 13.8. The highest BCUT2D eigenvalue weighted by atomic mass is 16.5. The molecule has 0 aromatic heterocycles. The van der Waals surface area contributed by atoms with Gasteiger partial charge < -0.3 is 30.9 Å². The minimum Gasteiger partial charge on any atom is -0.493 e. The van der Waals surface area contributed by atoms with Crippen LogP contribution in [-0.2, 0) is 16.0 Å². The summed E-state index contributed by atoms with van der Waals surface area (Å²) in [7, 11) is 1.70. The van der Waals surface area contributed by atoms with E-state index in [0.29, 0.717) is 37.9 Å². The molecular weight excluding hydrogens is 454 g/mol. The zero-order valence-electron chi connectivity index (χ0n) is 23.4. The third-order valence-corrected chi connectivity index (χ3v) is 7.56. The Hall–Kier alpha value is -1.67. The lowest BCUT2D eigenvalue weighted by atomic mass is 9.80. The SMILES string of the molecule is COCCCOc1cc(CC(C[C@H](N)[C@@H](O)C[C@H](C(=O)N[C@H]2CCNC2)C(C)C)C(C)C)ccc1C. The molecule has 206 valence electrons. The van der Waals surface area contributed by atoms with Crippen molar-refractivity contribution in [1.82, 2.24) is 10.6 Å². The number of hydrogen-bond acceptors (Lipinski definition) is 6. The number of carbonyl (C=O) groups is 1. The summed E-state index contributed by atoms with van der Waals surface area (Å²) >= 11 is 0. The fourth-order valence-electron chi connectivity index (χ4n) is 4.92. The molecule has 0 bridgehead atoms. The maximum absolute atomic E-state index is 12.9. The van der Waals surface area contributed by atoms with Gasteiger partial charge in [-0.05, 0) is 74.1 Å². The fourth-order valence-corrected chi connectivity index (χ4v) is 4.92. The molecule has 2 rings (SSSR count). The van der Waals surface area contributed by atoms with Crippen LogP contribution >= 0.6 is 0 Å². The molecule has 36 heavy (non-hydrogen) atoms. The zero-order chi connectivity index (χ0) is 26.7. The van der Waals surface area contributed by atoms with Crippen molar-refractivity contribution in [2.45, 2.75) is 84.9 Å². The summed E-state index contributed by atoms with van der Waals surface area (Å²) in [5, 5.41) is 17.5. The highest BCUT2D eigenvalue weighted by Gasteiger charge is 2.31. The van der Waals surface area contributed by atoms with Gasteiger partial charge in [0.15, 0.2) is 0 Å². The van der Waals surface area contributed by atoms with Crippen molar-refractivity contribution in [2.75, 3.05) is 33.4 Å². The highest BCUT2D eigenvalue weighted by Crippen LogP contribution is 2.28. The van der Waals surface area contributed by atoms with Crippen LogP contribution in [0.4, 0.5) is 0 Å². The first-order chi connectivity index (χ1) is 17.1. The Morgan fingerprint density at radius 1 is 1.19 bits per heavy atom. The number of amides is 1. The lowest BCUT2D eigenvalue weighted by molar-refractivity contribution is -0.128. The third-order valence-electron chi connectivity index (χ3n) is 7.56. The van der Waals surface area contributed by atoms with Gasteiger partial charge in [0.05, 0.1) is 12.7 Å². The summed E-state index contributed by atoms with van der Waals surface area (Å²) in [4.78, 5) is 12.9. The van der Waals surface area contributed by atoms with Gasteiger partial charge in [-0.3, -0.25) is 4.79 Å². The van der Waals surface area contributed by atoms with Crippen LogP contribution in [0.1, 0.15) is 64.5 Å². The largest absolute Gasteiger partial charge is 0.493 e. The molecule has 1 aliphatic heterocycles. The number of aliphatic hydroxyl groups excluding tert-OH is 1. The van der Waals surface area contributed by atoms with Crippen LogP contribution in [0.2, 0.25) is 0 Å². The molecule has 1 fully saturated rings. The number of hydrogen-bond donors (Lipinski definition) is 4. The smallest absolute Gasteiger partial charge is 0.223 e. The van der Waals surface area contributed by atoms with E-state index >= 15 is 0 Å². The van der Waals surface area contributed by atoms with E-state index in [0.717, 1.165) is 43.7 Å². The maximum Gasteiger partial charge on any atom is 0.223 e. The molecule has 0 radical (unpaired) electrons. The highest BCUT2D eigenvalue weighted by molar-refractivity contribution is 5.79. The van der Waals surface area contributed by atoms with Gasteiger partial charge in [-0.2, -0.15) is 0 Å². The van der Waals surface area contributed by atoms with Gasteiger partial charge in [0.25, 0.3) is 0 Å². The number of ether oxygens (including phenoxy) is 2. The van der Waals surface area contributed by atoms with E-state index in [2.05, 4.69) is 49.6 Å². The van der Waals surface area contributed by atoms with Crippen molar-refractivity contribution >= 4 is 5.91 Å². The average molecular weight is 506 g/mol. The van der Waals surface area contributed by atoms with E-state index in [1.54, 1.807) is 7.11 Å². The molecule has 5 atom stereocenters. The molecule has 1 aliphatic rings. The van der Waals surface area contributed by atoms with Gasteiger partial charge in [0, 0.05) is 44.7 Å². The monoisotopic (exact) mass is 505 g/mol. The van der Waals surface area contributed by atoms with Crippen molar-refractivity contribution in [3.05, 3.63) is 29.3 Å². The van der Waals surface area contributed by atoms with Crippen LogP contribution in [0.5, 0.6) is 5.75 Å². The van der Waals surface area contributed by atoms with Crippen LogP contribution in [0, 0.1) is 30.6 Å². The Labute approximate surface area is 218 Å². The second-order valence-corrected chi connectivity index (χ2v) is 11.3. The lowest BCUT2D eigenvalue weighted by Crippen LogP contribution is -2.45. The summed E-state index contributed by atoms with van der Waals surface area (Å²) in [5.74, 6) is 1.56. The van der Waals surface area contributed by atoms with E-state index in [1.807, 2.05) is 13.8 Å². The summed E-state index contributed by atoms with van der Waals surface area (Å²) in [5.41, 5.74) is 8.88. The summed E-state index contributed by atoms with van der Waals surface area (Å²) in [6.07, 6.45) is 3.05. The molecule has 7 nitrogen and oxygen atoms in total. The number of benzene rings is 1. The molecule has 1 unspecified atom stereocenters. The molecule has 1 heterocycles. The number of nitrogens with one attached hydrogen (secondary N) is 2. The third kappa shape index (κ3) is 10.0. The number of aliphatic hydroxyl groups is 1. The van der Waals surface area contributed by atoms with Crippen LogP contribution in [0.25, 0.3) is 0 Å². The maximum atomic E-state index is 12.9. The zero-order valence-corrected chi connectivity index (χ0v) is 23.4. The van der Waals surface area contributed by atoms with Crippen molar-refractivity contribution in [3.63, 3.8) is 0 Å². The Kier molecular flexibility index (Phi) is 13.2. The number of carbonyl (C=O) groups excluding carboxylic acids is 1. The van der Waals surface area contributed by atoms with E-state index in [-0.39, 0.29) is 29.8 Å². The average Bonchev–Trinajstić information content (AvgIpc) is 3.33. The van der Waals surface area contributed by atoms with Gasteiger partial charge in [-0.15, -0.1) is 0 Å². The first kappa shape index (κ1) is 30.6. The second-order valence-electron chi connectivity index (χ2n) is 11.3. The van der Waals surface area contributed by atoms with Crippen LogP contribution < -0.4 is 21.1 Å². The molecule has 1 aromatic carbocycles. The molecule has 0 aliphatic carbocycles. The van der Waals surface area contributed by atoms with E-state index in [4.69, 9.17) is 15.2 Å². The van der Waals surface area contributed by atoms with Gasteiger partial charge >= 0.3 is 0 Å². The Morgan fingerprint density at radius 3 is 2.56 bits per heavy atom. The van der Waals surface area contributed by atoms with Crippen LogP contribution in [0.15, 0.2) is 18.2 Å².